The lowest BCUT2D eigenvalue weighted by molar-refractivity contribution is 0.0933. The summed E-state index contributed by atoms with van der Waals surface area (Å²) < 4.78 is 26.9. The predicted molar refractivity (Wildman–Crippen MR) is 89.3 cm³/mol. The summed E-state index contributed by atoms with van der Waals surface area (Å²) in [6, 6.07) is 2.03. The van der Waals surface area contributed by atoms with Gasteiger partial charge in [0.2, 0.25) is 5.43 Å². The van der Waals surface area contributed by atoms with E-state index < -0.39 is 45.2 Å². The van der Waals surface area contributed by atoms with Crippen molar-refractivity contribution >= 4 is 23.4 Å². The van der Waals surface area contributed by atoms with Crippen LogP contribution in [0.15, 0.2) is 23.1 Å². The second-order valence-electron chi connectivity index (χ2n) is 5.13. The number of hydrogen-bond donors (Lipinski definition) is 4. The van der Waals surface area contributed by atoms with Crippen molar-refractivity contribution in [2.75, 3.05) is 6.54 Å². The molecule has 0 atom stereocenters. The highest BCUT2D eigenvalue weighted by Gasteiger charge is 2.20. The van der Waals surface area contributed by atoms with Gasteiger partial charge in [-0.1, -0.05) is 17.7 Å². The fourth-order valence-electron chi connectivity index (χ4n) is 2.08. The molecule has 10 heteroatoms. The summed E-state index contributed by atoms with van der Waals surface area (Å²) in [6.45, 7) is 1.55. The highest BCUT2D eigenvalue weighted by atomic mass is 35.5. The van der Waals surface area contributed by atoms with Crippen molar-refractivity contribution in [3.63, 3.8) is 0 Å². The first kappa shape index (κ1) is 19.4. The second kappa shape index (κ2) is 7.96. The van der Waals surface area contributed by atoms with Gasteiger partial charge in [0.15, 0.2) is 11.4 Å². The highest BCUT2D eigenvalue weighted by Crippen LogP contribution is 2.21. The normalized spacial score (nSPS) is 10.5. The van der Waals surface area contributed by atoms with Crippen LogP contribution in [0.25, 0.3) is 0 Å². The molecule has 1 aromatic carbocycles. The van der Waals surface area contributed by atoms with Crippen LogP contribution in [0.2, 0.25) is 5.02 Å². The van der Waals surface area contributed by atoms with Gasteiger partial charge in [-0.3, -0.25) is 14.4 Å². The van der Waals surface area contributed by atoms with Crippen LogP contribution in [0.1, 0.15) is 33.3 Å². The lowest BCUT2D eigenvalue weighted by atomic mass is 10.1. The van der Waals surface area contributed by atoms with Gasteiger partial charge in [0, 0.05) is 24.8 Å². The monoisotopic (exact) mass is 385 g/mol. The van der Waals surface area contributed by atoms with Gasteiger partial charge in [-0.15, -0.1) is 0 Å². The Bertz CT molecular complexity index is 930. The number of pyridine rings is 1. The molecule has 0 aliphatic carbocycles. The van der Waals surface area contributed by atoms with Gasteiger partial charge >= 0.3 is 0 Å². The maximum absolute atomic E-state index is 13.8. The zero-order valence-corrected chi connectivity index (χ0v) is 14.2. The zero-order valence-electron chi connectivity index (χ0n) is 13.5. The number of aromatic nitrogens is 1. The Balaban J connectivity index is 2.21. The Hall–Kier alpha value is -2.94. The van der Waals surface area contributed by atoms with Crippen LogP contribution >= 0.6 is 11.6 Å². The first-order valence-electron chi connectivity index (χ1n) is 7.41. The molecule has 7 nitrogen and oxygen atoms in total. The molecular weight excluding hydrogens is 372 g/mol. The average Bonchev–Trinajstić information content (AvgIpc) is 2.61. The molecule has 0 fully saturated rings. The number of aromatic hydroxyl groups is 1. The molecule has 1 heterocycles. The molecule has 0 aliphatic rings. The number of H-pyrrole nitrogens is 1. The van der Waals surface area contributed by atoms with E-state index in [4.69, 9.17) is 11.6 Å². The topological polar surface area (TPSA) is 111 Å². The Morgan fingerprint density at radius 1 is 1.23 bits per heavy atom. The molecule has 0 spiro atoms. The van der Waals surface area contributed by atoms with Gasteiger partial charge in [0.1, 0.15) is 22.2 Å². The van der Waals surface area contributed by atoms with Crippen LogP contribution in [-0.4, -0.2) is 28.4 Å². The maximum Gasteiger partial charge on any atom is 0.271 e. The van der Waals surface area contributed by atoms with Gasteiger partial charge in [0.05, 0.1) is 0 Å². The van der Waals surface area contributed by atoms with E-state index in [2.05, 4.69) is 15.6 Å². The minimum absolute atomic E-state index is 0.0932. The number of amides is 2. The molecule has 0 saturated carbocycles. The Labute approximate surface area is 151 Å². The first-order valence-corrected chi connectivity index (χ1v) is 7.79. The molecule has 0 aliphatic heterocycles. The highest BCUT2D eigenvalue weighted by molar-refractivity contribution is 6.30. The largest absolute Gasteiger partial charge is 0.503 e. The van der Waals surface area contributed by atoms with E-state index in [-0.39, 0.29) is 24.3 Å². The Morgan fingerprint density at radius 3 is 2.58 bits per heavy atom. The van der Waals surface area contributed by atoms with E-state index in [1.165, 1.54) is 0 Å². The van der Waals surface area contributed by atoms with Crippen molar-refractivity contribution in [2.45, 2.75) is 13.5 Å². The first-order chi connectivity index (χ1) is 12.3. The summed E-state index contributed by atoms with van der Waals surface area (Å²) in [5.41, 5.74) is -2.03. The van der Waals surface area contributed by atoms with Gasteiger partial charge in [-0.05, 0) is 13.0 Å². The number of nitrogens with one attached hydrogen (secondary N) is 3. The standard InChI is InChI=1S/C16H14ClF2N3O4/c1-2-20-16(26)12-14(24)13(23)8(6-21-12)15(25)22-5-7-3-4-9(18)10(17)11(7)19/h3-4,6,24H,2,5H2,1H3,(H,20,26)(H,21,23)(H,22,25). The van der Waals surface area contributed by atoms with E-state index >= 15 is 0 Å². The quantitative estimate of drug-likeness (QED) is 0.587. The molecule has 0 unspecified atom stereocenters. The molecule has 0 saturated heterocycles. The van der Waals surface area contributed by atoms with Crippen LogP contribution < -0.4 is 16.1 Å². The summed E-state index contributed by atoms with van der Waals surface area (Å²) in [4.78, 5) is 38.2. The van der Waals surface area contributed by atoms with Crippen LogP contribution in [-0.2, 0) is 6.54 Å². The van der Waals surface area contributed by atoms with Crippen molar-refractivity contribution in [1.29, 1.82) is 0 Å². The minimum Gasteiger partial charge on any atom is -0.503 e. The summed E-state index contributed by atoms with van der Waals surface area (Å²) in [5.74, 6) is -4.53. The molecule has 2 amide bonds. The van der Waals surface area contributed by atoms with E-state index in [1.807, 2.05) is 0 Å². The molecule has 0 radical (unpaired) electrons. The summed E-state index contributed by atoms with van der Waals surface area (Å²) in [7, 11) is 0. The fourth-order valence-corrected chi connectivity index (χ4v) is 2.27. The number of halogens is 3. The van der Waals surface area contributed by atoms with Gasteiger partial charge in [-0.25, -0.2) is 8.78 Å². The van der Waals surface area contributed by atoms with E-state index in [9.17, 15) is 28.3 Å². The Morgan fingerprint density at radius 2 is 1.92 bits per heavy atom. The van der Waals surface area contributed by atoms with E-state index in [0.717, 1.165) is 18.3 Å². The van der Waals surface area contributed by atoms with Crippen LogP contribution in [0, 0.1) is 11.6 Å². The number of hydrogen-bond acceptors (Lipinski definition) is 4. The lowest BCUT2D eigenvalue weighted by Crippen LogP contribution is -2.31. The SMILES string of the molecule is CCNC(=O)c1[nH]cc(C(=O)NCc2ccc(F)c(Cl)c2F)c(=O)c1O. The van der Waals surface area contributed by atoms with E-state index in [1.54, 1.807) is 6.92 Å². The smallest absolute Gasteiger partial charge is 0.271 e. The van der Waals surface area contributed by atoms with Crippen molar-refractivity contribution < 1.29 is 23.5 Å². The predicted octanol–water partition coefficient (Wildman–Crippen LogP) is 1.69. The molecule has 0 bridgehead atoms. The molecule has 4 N–H and O–H groups in total. The zero-order chi connectivity index (χ0) is 19.4. The van der Waals surface area contributed by atoms with Crippen LogP contribution in [0.5, 0.6) is 5.75 Å². The summed E-state index contributed by atoms with van der Waals surface area (Å²) >= 11 is 5.45. The molecule has 2 aromatic rings. The van der Waals surface area contributed by atoms with E-state index in [0.29, 0.717) is 0 Å². The summed E-state index contributed by atoms with van der Waals surface area (Å²) in [6.07, 6.45) is 0.954. The molecule has 1 aromatic heterocycles. The Kier molecular flexibility index (Phi) is 5.93. The minimum atomic E-state index is -1.07. The van der Waals surface area contributed by atoms with Gasteiger partial charge in [-0.2, -0.15) is 0 Å². The number of carbonyl (C=O) groups is 2. The third-order valence-electron chi connectivity index (χ3n) is 3.42. The fraction of sp³-hybridized carbons (Fsp3) is 0.188. The number of aromatic amines is 1. The summed E-state index contributed by atoms with van der Waals surface area (Å²) in [5, 5.41) is 13.7. The third kappa shape index (κ3) is 3.83. The second-order valence-corrected chi connectivity index (χ2v) is 5.51. The van der Waals surface area contributed by atoms with Gasteiger partial charge < -0.3 is 20.7 Å². The molecular formula is C16H14ClF2N3O4. The molecule has 26 heavy (non-hydrogen) atoms. The van der Waals surface area contributed by atoms with Gasteiger partial charge in [0.25, 0.3) is 11.8 Å². The van der Waals surface area contributed by atoms with Crippen molar-refractivity contribution in [2.24, 2.45) is 0 Å². The third-order valence-corrected chi connectivity index (χ3v) is 3.77. The maximum atomic E-state index is 13.8. The number of rotatable bonds is 5. The van der Waals surface area contributed by atoms with Crippen molar-refractivity contribution in [1.82, 2.24) is 15.6 Å². The van der Waals surface area contributed by atoms with Crippen LogP contribution in [0.3, 0.4) is 0 Å². The van der Waals surface area contributed by atoms with Crippen molar-refractivity contribution in [3.05, 3.63) is 62.0 Å². The van der Waals surface area contributed by atoms with Crippen molar-refractivity contribution in [3.8, 4) is 5.75 Å². The number of carbonyl (C=O) groups excluding carboxylic acids is 2. The average molecular weight is 386 g/mol. The molecule has 2 rings (SSSR count). The molecule has 138 valence electrons. The number of benzene rings is 1. The van der Waals surface area contributed by atoms with Crippen LogP contribution in [0.4, 0.5) is 8.78 Å². The lowest BCUT2D eigenvalue weighted by Gasteiger charge is -2.09.